The van der Waals surface area contributed by atoms with Crippen LogP contribution in [0, 0.1) is 0 Å². The molecule has 0 saturated carbocycles. The summed E-state index contributed by atoms with van der Waals surface area (Å²) in [6, 6.07) is 13.5. The molecule has 0 unspecified atom stereocenters. The highest BCUT2D eigenvalue weighted by atomic mass is 79.9. The summed E-state index contributed by atoms with van der Waals surface area (Å²) in [6.45, 7) is 0.454. The van der Waals surface area contributed by atoms with Crippen LogP contribution in [0.2, 0.25) is 0 Å². The number of esters is 1. The maximum absolute atomic E-state index is 11.7. The quantitative estimate of drug-likeness (QED) is 0.528. The van der Waals surface area contributed by atoms with Crippen LogP contribution < -0.4 is 4.74 Å². The highest BCUT2D eigenvalue weighted by Gasteiger charge is 2.16. The lowest BCUT2D eigenvalue weighted by atomic mass is 10.2. The molecule has 0 saturated heterocycles. The van der Waals surface area contributed by atoms with E-state index in [0.717, 1.165) is 5.56 Å². The molecular weight excluding hydrogens is 348 g/mol. The molecule has 0 aliphatic heterocycles. The number of rotatable bonds is 4. The number of methoxy groups -OCH3 is 1. The molecule has 3 rings (SSSR count). The number of hydrogen-bond acceptors (Lipinski definition) is 4. The Bertz CT molecular complexity index is 815. The van der Waals surface area contributed by atoms with Crippen LogP contribution in [0.1, 0.15) is 15.9 Å². The van der Waals surface area contributed by atoms with Crippen LogP contribution in [0.15, 0.2) is 53.3 Å². The first kappa shape index (κ1) is 14.6. The van der Waals surface area contributed by atoms with Gasteiger partial charge in [0, 0.05) is 0 Å². The van der Waals surface area contributed by atoms with Gasteiger partial charge in [-0.3, -0.25) is 0 Å². The highest BCUT2D eigenvalue weighted by Crippen LogP contribution is 2.28. The number of fused-ring (bicyclic) bond motifs is 1. The SMILES string of the molecule is COC(=O)c1cnn2c(Br)c(OCc3ccccc3)ccc12. The third kappa shape index (κ3) is 2.69. The van der Waals surface area contributed by atoms with E-state index >= 15 is 0 Å². The fourth-order valence-electron chi connectivity index (χ4n) is 2.11. The molecule has 0 aliphatic rings. The molecule has 0 bridgehead atoms. The van der Waals surface area contributed by atoms with Crippen molar-refractivity contribution in [2.45, 2.75) is 6.61 Å². The van der Waals surface area contributed by atoms with Crippen molar-refractivity contribution in [3.8, 4) is 5.75 Å². The van der Waals surface area contributed by atoms with E-state index in [1.165, 1.54) is 13.3 Å². The third-order valence-electron chi connectivity index (χ3n) is 3.23. The molecule has 0 amide bonds. The standard InChI is InChI=1S/C16H13BrN2O3/c1-21-16(20)12-9-18-19-13(12)7-8-14(15(19)17)22-10-11-5-3-2-4-6-11/h2-9H,10H2,1H3. The lowest BCUT2D eigenvalue weighted by Crippen LogP contribution is -2.02. The number of aromatic nitrogens is 2. The Labute approximate surface area is 135 Å². The number of ether oxygens (including phenoxy) is 2. The van der Waals surface area contributed by atoms with Gasteiger partial charge in [-0.1, -0.05) is 30.3 Å². The Morgan fingerprint density at radius 2 is 2.00 bits per heavy atom. The molecule has 0 N–H and O–H groups in total. The smallest absolute Gasteiger partial charge is 0.341 e. The van der Waals surface area contributed by atoms with Gasteiger partial charge in [-0.2, -0.15) is 5.10 Å². The van der Waals surface area contributed by atoms with E-state index in [1.54, 1.807) is 16.6 Å². The van der Waals surface area contributed by atoms with Gasteiger partial charge >= 0.3 is 5.97 Å². The average molecular weight is 361 g/mol. The summed E-state index contributed by atoms with van der Waals surface area (Å²) in [6.07, 6.45) is 1.48. The van der Waals surface area contributed by atoms with E-state index in [4.69, 9.17) is 9.47 Å². The van der Waals surface area contributed by atoms with E-state index in [9.17, 15) is 4.79 Å². The highest BCUT2D eigenvalue weighted by molar-refractivity contribution is 9.10. The first-order valence-corrected chi connectivity index (χ1v) is 7.41. The summed E-state index contributed by atoms with van der Waals surface area (Å²) in [4.78, 5) is 11.7. The second-order valence-corrected chi connectivity index (χ2v) is 5.36. The van der Waals surface area contributed by atoms with E-state index in [0.29, 0.717) is 28.0 Å². The van der Waals surface area contributed by atoms with Crippen LogP contribution in [-0.2, 0) is 11.3 Å². The van der Waals surface area contributed by atoms with Gasteiger partial charge in [0.2, 0.25) is 0 Å². The summed E-state index contributed by atoms with van der Waals surface area (Å²) in [5, 5.41) is 4.19. The molecular formula is C16H13BrN2O3. The summed E-state index contributed by atoms with van der Waals surface area (Å²) in [7, 11) is 1.35. The first-order chi connectivity index (χ1) is 10.7. The Balaban J connectivity index is 1.89. The molecule has 1 aromatic carbocycles. The van der Waals surface area contributed by atoms with Crippen LogP contribution >= 0.6 is 15.9 Å². The van der Waals surface area contributed by atoms with Gasteiger partial charge in [0.15, 0.2) is 5.75 Å². The molecule has 0 fully saturated rings. The van der Waals surface area contributed by atoms with Crippen molar-refractivity contribution in [2.24, 2.45) is 0 Å². The van der Waals surface area contributed by atoms with Gasteiger partial charge in [-0.15, -0.1) is 0 Å². The van der Waals surface area contributed by atoms with Crippen molar-refractivity contribution in [3.05, 3.63) is 64.4 Å². The first-order valence-electron chi connectivity index (χ1n) is 6.62. The Morgan fingerprint density at radius 1 is 1.23 bits per heavy atom. The number of pyridine rings is 1. The molecule has 0 radical (unpaired) electrons. The Morgan fingerprint density at radius 3 is 2.73 bits per heavy atom. The zero-order chi connectivity index (χ0) is 15.5. The van der Waals surface area contributed by atoms with E-state index in [2.05, 4.69) is 21.0 Å². The average Bonchev–Trinajstić information content (AvgIpc) is 2.99. The fourth-order valence-corrected chi connectivity index (χ4v) is 2.64. The minimum Gasteiger partial charge on any atom is -0.486 e. The maximum atomic E-state index is 11.7. The summed E-state index contributed by atoms with van der Waals surface area (Å²) >= 11 is 3.46. The number of carbonyl (C=O) groups is 1. The Hall–Kier alpha value is -2.34. The van der Waals surface area contributed by atoms with Crippen LogP contribution in [0.5, 0.6) is 5.75 Å². The minimum atomic E-state index is -0.417. The van der Waals surface area contributed by atoms with Crippen molar-refractivity contribution >= 4 is 27.4 Å². The van der Waals surface area contributed by atoms with Crippen molar-refractivity contribution < 1.29 is 14.3 Å². The molecule has 112 valence electrons. The van der Waals surface area contributed by atoms with E-state index in [1.807, 2.05) is 30.3 Å². The molecule has 6 heteroatoms. The molecule has 22 heavy (non-hydrogen) atoms. The summed E-state index contributed by atoms with van der Waals surface area (Å²) in [5.74, 6) is 0.232. The van der Waals surface area contributed by atoms with Gasteiger partial charge in [0.1, 0.15) is 16.8 Å². The number of hydrogen-bond donors (Lipinski definition) is 0. The van der Waals surface area contributed by atoms with Crippen molar-refractivity contribution in [2.75, 3.05) is 7.11 Å². The van der Waals surface area contributed by atoms with Crippen LogP contribution in [0.3, 0.4) is 0 Å². The predicted octanol–water partition coefficient (Wildman–Crippen LogP) is 3.46. The van der Waals surface area contributed by atoms with Crippen molar-refractivity contribution in [3.63, 3.8) is 0 Å². The molecule has 2 heterocycles. The monoisotopic (exact) mass is 360 g/mol. The van der Waals surface area contributed by atoms with Gasteiger partial charge in [-0.05, 0) is 33.6 Å². The summed E-state index contributed by atoms with van der Waals surface area (Å²) < 4.78 is 12.8. The zero-order valence-electron chi connectivity index (χ0n) is 11.8. The van der Waals surface area contributed by atoms with Gasteiger partial charge < -0.3 is 9.47 Å². The van der Waals surface area contributed by atoms with Gasteiger partial charge in [0.05, 0.1) is 18.8 Å². The van der Waals surface area contributed by atoms with Crippen LogP contribution in [-0.4, -0.2) is 22.7 Å². The molecule has 0 spiro atoms. The lowest BCUT2D eigenvalue weighted by Gasteiger charge is -2.09. The largest absolute Gasteiger partial charge is 0.486 e. The van der Waals surface area contributed by atoms with Crippen LogP contribution in [0.25, 0.3) is 5.52 Å². The van der Waals surface area contributed by atoms with Crippen molar-refractivity contribution in [1.29, 1.82) is 0 Å². The van der Waals surface area contributed by atoms with Gasteiger partial charge in [0.25, 0.3) is 0 Å². The second-order valence-electron chi connectivity index (χ2n) is 4.61. The number of benzene rings is 1. The van der Waals surface area contributed by atoms with E-state index < -0.39 is 5.97 Å². The topological polar surface area (TPSA) is 52.8 Å². The second kappa shape index (κ2) is 6.19. The molecule has 0 aliphatic carbocycles. The molecule has 3 aromatic rings. The third-order valence-corrected chi connectivity index (χ3v) is 3.96. The molecule has 0 atom stereocenters. The molecule has 2 aromatic heterocycles. The van der Waals surface area contributed by atoms with E-state index in [-0.39, 0.29) is 0 Å². The van der Waals surface area contributed by atoms with Gasteiger partial charge in [-0.25, -0.2) is 9.31 Å². The predicted molar refractivity (Wildman–Crippen MR) is 85.0 cm³/mol. The number of carbonyl (C=O) groups excluding carboxylic acids is 1. The Kier molecular flexibility index (Phi) is 4.11. The normalized spacial score (nSPS) is 10.6. The van der Waals surface area contributed by atoms with Crippen LogP contribution in [0.4, 0.5) is 0 Å². The maximum Gasteiger partial charge on any atom is 0.341 e. The number of halogens is 1. The minimum absolute atomic E-state index is 0.415. The number of nitrogens with zero attached hydrogens (tertiary/aromatic N) is 2. The van der Waals surface area contributed by atoms with Crippen molar-refractivity contribution in [1.82, 2.24) is 9.61 Å². The zero-order valence-corrected chi connectivity index (χ0v) is 13.4. The summed E-state index contributed by atoms with van der Waals surface area (Å²) in [5.41, 5.74) is 2.15. The molecule has 5 nitrogen and oxygen atoms in total. The lowest BCUT2D eigenvalue weighted by molar-refractivity contribution is 0.0603. The fraction of sp³-hybridized carbons (Fsp3) is 0.125.